The van der Waals surface area contributed by atoms with Crippen molar-refractivity contribution in [3.8, 4) is 11.5 Å². The smallest absolute Gasteiger partial charge is 0.261 e. The first-order valence-corrected chi connectivity index (χ1v) is 12.0. The van der Waals surface area contributed by atoms with Crippen molar-refractivity contribution in [2.45, 2.75) is 32.4 Å². The van der Waals surface area contributed by atoms with E-state index < -0.39 is 6.04 Å². The molecule has 2 amide bonds. The van der Waals surface area contributed by atoms with Crippen molar-refractivity contribution in [2.75, 3.05) is 20.3 Å². The first kappa shape index (κ1) is 26.1. The summed E-state index contributed by atoms with van der Waals surface area (Å²) >= 11 is 6.20. The van der Waals surface area contributed by atoms with E-state index in [1.807, 2.05) is 61.5 Å². The summed E-state index contributed by atoms with van der Waals surface area (Å²) in [5.41, 5.74) is 1.84. The third-order valence-electron chi connectivity index (χ3n) is 5.52. The minimum atomic E-state index is -0.714. The Bertz CT molecular complexity index is 1090. The van der Waals surface area contributed by atoms with Crippen molar-refractivity contribution in [3.63, 3.8) is 0 Å². The van der Waals surface area contributed by atoms with E-state index in [2.05, 4.69) is 5.32 Å². The number of para-hydroxylation sites is 1. The second-order valence-corrected chi connectivity index (χ2v) is 8.49. The molecule has 0 spiro atoms. The van der Waals surface area contributed by atoms with Gasteiger partial charge in [0, 0.05) is 19.5 Å². The number of amides is 2. The Morgan fingerprint density at radius 3 is 2.29 bits per heavy atom. The predicted octanol–water partition coefficient (Wildman–Crippen LogP) is 4.89. The molecule has 1 N–H and O–H groups in total. The van der Waals surface area contributed by atoms with Crippen LogP contribution in [0.3, 0.4) is 0 Å². The number of ether oxygens (including phenoxy) is 2. The molecule has 0 radical (unpaired) electrons. The van der Waals surface area contributed by atoms with Gasteiger partial charge in [-0.3, -0.25) is 9.59 Å². The molecule has 0 aromatic heterocycles. The summed E-state index contributed by atoms with van der Waals surface area (Å²) < 4.78 is 11.0. The standard InChI is InChI=1S/C28H31ClN2O4/c1-3-17-30-28(33)25(18-21-9-5-4-6-10-21)31(19-22-13-15-23(34-2)16-14-22)27(32)20-35-26-12-8-7-11-24(26)29/h4-16,25H,3,17-20H2,1-2H3,(H,30,33). The molecular formula is C28H31ClN2O4. The summed E-state index contributed by atoms with van der Waals surface area (Å²) in [5.74, 6) is 0.626. The van der Waals surface area contributed by atoms with Gasteiger partial charge in [0.25, 0.3) is 5.91 Å². The fourth-order valence-electron chi connectivity index (χ4n) is 3.63. The highest BCUT2D eigenvalue weighted by molar-refractivity contribution is 6.32. The third-order valence-corrected chi connectivity index (χ3v) is 5.83. The zero-order valence-electron chi connectivity index (χ0n) is 20.1. The Hall–Kier alpha value is -3.51. The molecule has 0 aliphatic carbocycles. The number of halogens is 1. The number of hydrogen-bond donors (Lipinski definition) is 1. The summed E-state index contributed by atoms with van der Waals surface area (Å²) in [6, 6.07) is 23.4. The van der Waals surface area contributed by atoms with E-state index in [9.17, 15) is 9.59 Å². The molecule has 3 aromatic rings. The first-order valence-electron chi connectivity index (χ1n) is 11.6. The molecule has 0 saturated heterocycles. The van der Waals surface area contributed by atoms with Crippen LogP contribution in [0.1, 0.15) is 24.5 Å². The average Bonchev–Trinajstić information content (AvgIpc) is 2.89. The number of rotatable bonds is 12. The van der Waals surface area contributed by atoms with Crippen molar-refractivity contribution in [1.82, 2.24) is 10.2 Å². The largest absolute Gasteiger partial charge is 0.497 e. The zero-order valence-corrected chi connectivity index (χ0v) is 20.8. The molecule has 6 nitrogen and oxygen atoms in total. The minimum absolute atomic E-state index is 0.199. The third kappa shape index (κ3) is 7.76. The van der Waals surface area contributed by atoms with Crippen LogP contribution >= 0.6 is 11.6 Å². The van der Waals surface area contributed by atoms with Crippen LogP contribution < -0.4 is 14.8 Å². The van der Waals surface area contributed by atoms with Crippen molar-refractivity contribution in [2.24, 2.45) is 0 Å². The molecule has 3 rings (SSSR count). The van der Waals surface area contributed by atoms with E-state index in [1.165, 1.54) is 0 Å². The van der Waals surface area contributed by atoms with Gasteiger partial charge in [0.1, 0.15) is 17.5 Å². The maximum atomic E-state index is 13.5. The predicted molar refractivity (Wildman–Crippen MR) is 138 cm³/mol. The van der Waals surface area contributed by atoms with Gasteiger partial charge in [0.2, 0.25) is 5.91 Å². The molecule has 0 saturated carbocycles. The van der Waals surface area contributed by atoms with Crippen LogP contribution in [-0.2, 0) is 22.6 Å². The second-order valence-electron chi connectivity index (χ2n) is 8.09. The van der Waals surface area contributed by atoms with Gasteiger partial charge < -0.3 is 19.7 Å². The molecule has 35 heavy (non-hydrogen) atoms. The molecule has 184 valence electrons. The van der Waals surface area contributed by atoms with Crippen molar-refractivity contribution < 1.29 is 19.1 Å². The summed E-state index contributed by atoms with van der Waals surface area (Å²) in [7, 11) is 1.60. The highest BCUT2D eigenvalue weighted by Crippen LogP contribution is 2.24. The Balaban J connectivity index is 1.89. The number of benzene rings is 3. The minimum Gasteiger partial charge on any atom is -0.497 e. The molecule has 1 unspecified atom stereocenters. The lowest BCUT2D eigenvalue weighted by Crippen LogP contribution is -2.51. The quantitative estimate of drug-likeness (QED) is 0.389. The van der Waals surface area contributed by atoms with E-state index in [1.54, 1.807) is 36.3 Å². The molecule has 0 fully saturated rings. The van der Waals surface area contributed by atoms with Crippen LogP contribution in [-0.4, -0.2) is 43.0 Å². The van der Waals surface area contributed by atoms with Gasteiger partial charge in [-0.25, -0.2) is 0 Å². The molecule has 7 heteroatoms. The van der Waals surface area contributed by atoms with Gasteiger partial charge in [-0.15, -0.1) is 0 Å². The van der Waals surface area contributed by atoms with Crippen molar-refractivity contribution in [1.29, 1.82) is 0 Å². The van der Waals surface area contributed by atoms with Crippen LogP contribution in [0.15, 0.2) is 78.9 Å². The summed E-state index contributed by atoms with van der Waals surface area (Å²) in [4.78, 5) is 28.4. The SMILES string of the molecule is CCCNC(=O)C(Cc1ccccc1)N(Cc1ccc(OC)cc1)C(=O)COc1ccccc1Cl. The van der Waals surface area contributed by atoms with Crippen LogP contribution in [0.2, 0.25) is 5.02 Å². The van der Waals surface area contributed by atoms with Gasteiger partial charge in [-0.1, -0.05) is 73.1 Å². The lowest BCUT2D eigenvalue weighted by molar-refractivity contribution is -0.142. The number of nitrogens with zero attached hydrogens (tertiary/aromatic N) is 1. The summed E-state index contributed by atoms with van der Waals surface area (Å²) in [6.07, 6.45) is 1.18. The number of nitrogens with one attached hydrogen (secondary N) is 1. The first-order chi connectivity index (χ1) is 17.0. The fourth-order valence-corrected chi connectivity index (χ4v) is 3.82. The zero-order chi connectivity index (χ0) is 25.0. The van der Waals surface area contributed by atoms with Crippen LogP contribution in [0.25, 0.3) is 0 Å². The number of methoxy groups -OCH3 is 1. The number of hydrogen-bond acceptors (Lipinski definition) is 4. The lowest BCUT2D eigenvalue weighted by atomic mass is 10.0. The van der Waals surface area contributed by atoms with E-state index >= 15 is 0 Å². The Morgan fingerprint density at radius 2 is 1.63 bits per heavy atom. The summed E-state index contributed by atoms with van der Waals surface area (Å²) in [6.45, 7) is 2.52. The summed E-state index contributed by atoms with van der Waals surface area (Å²) in [5, 5.41) is 3.38. The van der Waals surface area contributed by atoms with E-state index in [0.717, 1.165) is 23.3 Å². The monoisotopic (exact) mass is 494 g/mol. The second kappa shape index (κ2) is 13.4. The Kier molecular flexibility index (Phi) is 9.99. The Morgan fingerprint density at radius 1 is 0.943 bits per heavy atom. The molecule has 0 heterocycles. The van der Waals surface area contributed by atoms with Crippen molar-refractivity contribution >= 4 is 23.4 Å². The highest BCUT2D eigenvalue weighted by atomic mass is 35.5. The van der Waals surface area contributed by atoms with Gasteiger partial charge in [0.05, 0.1) is 12.1 Å². The van der Waals surface area contributed by atoms with Gasteiger partial charge in [-0.05, 0) is 41.8 Å². The van der Waals surface area contributed by atoms with E-state index in [0.29, 0.717) is 23.7 Å². The molecule has 1 atom stereocenters. The van der Waals surface area contributed by atoms with Gasteiger partial charge in [0.15, 0.2) is 6.61 Å². The molecule has 3 aromatic carbocycles. The molecular weight excluding hydrogens is 464 g/mol. The Labute approximate surface area is 211 Å². The molecule has 0 aliphatic heterocycles. The van der Waals surface area contributed by atoms with Crippen LogP contribution in [0, 0.1) is 0 Å². The van der Waals surface area contributed by atoms with Crippen molar-refractivity contribution in [3.05, 3.63) is 95.0 Å². The van der Waals surface area contributed by atoms with Crippen LogP contribution in [0.5, 0.6) is 11.5 Å². The average molecular weight is 495 g/mol. The fraction of sp³-hybridized carbons (Fsp3) is 0.286. The normalized spacial score (nSPS) is 11.4. The highest BCUT2D eigenvalue weighted by Gasteiger charge is 2.30. The topological polar surface area (TPSA) is 67.9 Å². The van der Waals surface area contributed by atoms with Gasteiger partial charge in [-0.2, -0.15) is 0 Å². The van der Waals surface area contributed by atoms with E-state index in [-0.39, 0.29) is 25.0 Å². The number of carbonyl (C=O) groups excluding carboxylic acids is 2. The molecule has 0 bridgehead atoms. The van der Waals surface area contributed by atoms with Crippen LogP contribution in [0.4, 0.5) is 0 Å². The molecule has 0 aliphatic rings. The maximum Gasteiger partial charge on any atom is 0.261 e. The van der Waals surface area contributed by atoms with E-state index in [4.69, 9.17) is 21.1 Å². The maximum absolute atomic E-state index is 13.5. The lowest BCUT2D eigenvalue weighted by Gasteiger charge is -2.31. The van der Waals surface area contributed by atoms with Gasteiger partial charge >= 0.3 is 0 Å². The number of carbonyl (C=O) groups is 2.